The Bertz CT molecular complexity index is 1430. The largest absolute Gasteiger partial charge is 0.369 e. The molecule has 5 rings (SSSR count). The molecular weight excluding hydrogens is 428 g/mol. The van der Waals surface area contributed by atoms with Crippen molar-refractivity contribution in [2.24, 2.45) is 0 Å². The highest BCUT2D eigenvalue weighted by Gasteiger charge is 2.21. The molecule has 2 aromatic heterocycles. The van der Waals surface area contributed by atoms with Gasteiger partial charge in [0.1, 0.15) is 11.7 Å². The van der Waals surface area contributed by atoms with Gasteiger partial charge < -0.3 is 14.8 Å². The van der Waals surface area contributed by atoms with Gasteiger partial charge in [-0.2, -0.15) is 5.26 Å². The maximum atomic E-state index is 11.6. The first-order valence-electron chi connectivity index (χ1n) is 11.2. The van der Waals surface area contributed by atoms with Crippen LogP contribution in [-0.4, -0.2) is 53.0 Å². The Hall–Kier alpha value is -4.22. The van der Waals surface area contributed by atoms with Gasteiger partial charge in [0.25, 0.3) is 5.69 Å². The zero-order valence-electron chi connectivity index (χ0n) is 19.1. The highest BCUT2D eigenvalue weighted by atomic mass is 16.6. The summed E-state index contributed by atoms with van der Waals surface area (Å²) < 4.78 is 0. The predicted octanol–water partition coefficient (Wildman–Crippen LogP) is 4.74. The summed E-state index contributed by atoms with van der Waals surface area (Å²) in [4.78, 5) is 23.8. The SMILES string of the molecule is Cc1ccc(-c2c(-c3ccc(N4CCN(C)CC4)cc3)[nH]c3ncc(C#N)cc23)cc1[N+](=O)[O-]. The number of pyridine rings is 1. The van der Waals surface area contributed by atoms with E-state index in [1.165, 1.54) is 11.9 Å². The van der Waals surface area contributed by atoms with Crippen molar-refractivity contribution in [3.63, 3.8) is 0 Å². The minimum Gasteiger partial charge on any atom is -0.369 e. The number of aryl methyl sites for hydroxylation is 1. The Morgan fingerprint density at radius 3 is 2.44 bits per heavy atom. The molecule has 1 fully saturated rings. The summed E-state index contributed by atoms with van der Waals surface area (Å²) in [5, 5.41) is 21.8. The fraction of sp³-hybridized carbons (Fsp3) is 0.231. The number of rotatable bonds is 4. The summed E-state index contributed by atoms with van der Waals surface area (Å²) in [6, 6.07) is 17.5. The molecule has 1 saturated heterocycles. The first-order chi connectivity index (χ1) is 16.4. The van der Waals surface area contributed by atoms with Gasteiger partial charge in [0.15, 0.2) is 0 Å². The average Bonchev–Trinajstić information content (AvgIpc) is 3.23. The van der Waals surface area contributed by atoms with Crippen molar-refractivity contribution in [2.75, 3.05) is 38.1 Å². The quantitative estimate of drug-likeness (QED) is 0.355. The number of nitrogens with zero attached hydrogens (tertiary/aromatic N) is 5. The third-order valence-corrected chi connectivity index (χ3v) is 6.50. The normalized spacial score (nSPS) is 14.3. The minimum absolute atomic E-state index is 0.0626. The van der Waals surface area contributed by atoms with Crippen LogP contribution < -0.4 is 4.90 Å². The fourth-order valence-electron chi connectivity index (χ4n) is 4.51. The van der Waals surface area contributed by atoms with Crippen LogP contribution in [0.1, 0.15) is 11.1 Å². The molecule has 2 aromatic carbocycles. The van der Waals surface area contributed by atoms with Gasteiger partial charge in [0.05, 0.1) is 16.2 Å². The number of hydrogen-bond acceptors (Lipinski definition) is 6. The van der Waals surface area contributed by atoms with Gasteiger partial charge in [0.2, 0.25) is 0 Å². The topological polar surface area (TPSA) is 102 Å². The number of fused-ring (bicyclic) bond motifs is 1. The molecule has 0 spiro atoms. The number of likely N-dealkylation sites (N-methyl/N-ethyl adjacent to an activating group) is 1. The molecule has 1 N–H and O–H groups in total. The first kappa shape index (κ1) is 21.6. The Labute approximate surface area is 197 Å². The van der Waals surface area contributed by atoms with Gasteiger partial charge in [-0.3, -0.25) is 10.1 Å². The molecule has 0 bridgehead atoms. The van der Waals surface area contributed by atoms with Crippen molar-refractivity contribution < 1.29 is 4.92 Å². The summed E-state index contributed by atoms with van der Waals surface area (Å²) in [5.74, 6) is 0. The van der Waals surface area contributed by atoms with Gasteiger partial charge in [-0.15, -0.1) is 0 Å². The summed E-state index contributed by atoms with van der Waals surface area (Å²) in [6.45, 7) is 5.77. The smallest absolute Gasteiger partial charge is 0.272 e. The van der Waals surface area contributed by atoms with Crippen molar-refractivity contribution >= 4 is 22.4 Å². The lowest BCUT2D eigenvalue weighted by Gasteiger charge is -2.34. The van der Waals surface area contributed by atoms with Gasteiger partial charge in [-0.05, 0) is 43.3 Å². The summed E-state index contributed by atoms with van der Waals surface area (Å²) in [6.07, 6.45) is 1.53. The lowest BCUT2D eigenvalue weighted by atomic mass is 9.96. The molecule has 0 unspecified atom stereocenters. The molecule has 34 heavy (non-hydrogen) atoms. The number of nitro groups is 1. The number of benzene rings is 2. The maximum Gasteiger partial charge on any atom is 0.272 e. The number of H-pyrrole nitrogens is 1. The molecule has 1 aliphatic heterocycles. The van der Waals surface area contributed by atoms with Gasteiger partial charge in [-0.25, -0.2) is 4.98 Å². The number of anilines is 1. The van der Waals surface area contributed by atoms with E-state index in [1.54, 1.807) is 25.1 Å². The molecule has 8 nitrogen and oxygen atoms in total. The Kier molecular flexibility index (Phi) is 5.48. The average molecular weight is 453 g/mol. The zero-order chi connectivity index (χ0) is 23.8. The van der Waals surface area contributed by atoms with E-state index in [0.29, 0.717) is 22.3 Å². The van der Waals surface area contributed by atoms with Crippen LogP contribution in [0.5, 0.6) is 0 Å². The van der Waals surface area contributed by atoms with E-state index in [4.69, 9.17) is 0 Å². The van der Waals surface area contributed by atoms with E-state index in [-0.39, 0.29) is 10.6 Å². The van der Waals surface area contributed by atoms with Crippen molar-refractivity contribution in [1.82, 2.24) is 14.9 Å². The predicted molar refractivity (Wildman–Crippen MR) is 133 cm³/mol. The van der Waals surface area contributed by atoms with E-state index >= 15 is 0 Å². The molecule has 170 valence electrons. The number of aromatic nitrogens is 2. The number of nitro benzene ring substituents is 1. The number of nitrogens with one attached hydrogen (secondary N) is 1. The van der Waals surface area contributed by atoms with E-state index in [0.717, 1.165) is 48.4 Å². The number of aromatic amines is 1. The van der Waals surface area contributed by atoms with E-state index in [2.05, 4.69) is 57.2 Å². The van der Waals surface area contributed by atoms with Crippen LogP contribution in [-0.2, 0) is 0 Å². The molecule has 0 amide bonds. The zero-order valence-corrected chi connectivity index (χ0v) is 19.1. The Balaban J connectivity index is 1.64. The van der Waals surface area contributed by atoms with Crippen LogP contribution in [0.3, 0.4) is 0 Å². The highest BCUT2D eigenvalue weighted by molar-refractivity contribution is 6.03. The molecule has 8 heteroatoms. The highest BCUT2D eigenvalue weighted by Crippen LogP contribution is 2.40. The number of piperazine rings is 1. The van der Waals surface area contributed by atoms with Crippen molar-refractivity contribution in [2.45, 2.75) is 6.92 Å². The molecule has 0 atom stereocenters. The Morgan fingerprint density at radius 1 is 1.06 bits per heavy atom. The maximum absolute atomic E-state index is 11.6. The van der Waals surface area contributed by atoms with Gasteiger partial charge >= 0.3 is 0 Å². The van der Waals surface area contributed by atoms with Crippen LogP contribution in [0.15, 0.2) is 54.7 Å². The fourth-order valence-corrected chi connectivity index (χ4v) is 4.51. The number of hydrogen-bond donors (Lipinski definition) is 1. The van der Waals surface area contributed by atoms with Gasteiger partial charge in [-0.1, -0.05) is 24.3 Å². The van der Waals surface area contributed by atoms with Crippen LogP contribution in [0.25, 0.3) is 33.4 Å². The second-order valence-electron chi connectivity index (χ2n) is 8.70. The van der Waals surface area contributed by atoms with E-state index in [1.807, 2.05) is 6.07 Å². The van der Waals surface area contributed by atoms with E-state index < -0.39 is 0 Å². The van der Waals surface area contributed by atoms with Crippen LogP contribution in [0, 0.1) is 28.4 Å². The molecule has 1 aliphatic rings. The molecule has 3 heterocycles. The summed E-state index contributed by atoms with van der Waals surface area (Å²) >= 11 is 0. The number of nitriles is 1. The summed E-state index contributed by atoms with van der Waals surface area (Å²) in [7, 11) is 2.14. The lowest BCUT2D eigenvalue weighted by molar-refractivity contribution is -0.385. The standard InChI is InChI=1S/C26H24N6O2/c1-17-3-4-20(14-23(17)32(33)34)24-22-13-18(15-27)16-28-26(22)29-25(24)19-5-7-21(8-6-19)31-11-9-30(2)10-12-31/h3-8,13-14,16H,9-12H2,1-2H3,(H,28,29). The van der Waals surface area contributed by atoms with Crippen molar-refractivity contribution in [3.05, 3.63) is 76.0 Å². The van der Waals surface area contributed by atoms with E-state index in [9.17, 15) is 15.4 Å². The molecular formula is C26H24N6O2. The second-order valence-corrected chi connectivity index (χ2v) is 8.70. The van der Waals surface area contributed by atoms with Crippen LogP contribution in [0.4, 0.5) is 11.4 Å². The van der Waals surface area contributed by atoms with Crippen molar-refractivity contribution in [3.8, 4) is 28.5 Å². The molecule has 0 radical (unpaired) electrons. The molecule has 4 aromatic rings. The lowest BCUT2D eigenvalue weighted by Crippen LogP contribution is -2.44. The Morgan fingerprint density at radius 2 is 1.76 bits per heavy atom. The first-order valence-corrected chi connectivity index (χ1v) is 11.2. The summed E-state index contributed by atoms with van der Waals surface area (Å²) in [5.41, 5.74) is 6.18. The van der Waals surface area contributed by atoms with Gasteiger partial charge in [0, 0.05) is 60.6 Å². The second kappa shape index (κ2) is 8.61. The monoisotopic (exact) mass is 452 g/mol. The van der Waals surface area contributed by atoms with Crippen LogP contribution >= 0.6 is 0 Å². The minimum atomic E-state index is -0.364. The third kappa shape index (κ3) is 3.87. The third-order valence-electron chi connectivity index (χ3n) is 6.50. The molecule has 0 saturated carbocycles. The van der Waals surface area contributed by atoms with Crippen LogP contribution in [0.2, 0.25) is 0 Å². The van der Waals surface area contributed by atoms with Crippen molar-refractivity contribution in [1.29, 1.82) is 5.26 Å². The molecule has 0 aliphatic carbocycles.